The Morgan fingerprint density at radius 3 is 2.39 bits per heavy atom. The molecule has 0 spiro atoms. The minimum Gasteiger partial charge on any atom is -0.422 e. The first-order valence-electron chi connectivity index (χ1n) is 9.66. The van der Waals surface area contributed by atoms with E-state index >= 15 is 0 Å². The van der Waals surface area contributed by atoms with Gasteiger partial charge in [0.25, 0.3) is 5.56 Å². The summed E-state index contributed by atoms with van der Waals surface area (Å²) in [5, 5.41) is 0. The minimum atomic E-state index is -0.525. The highest BCUT2D eigenvalue weighted by molar-refractivity contribution is 5.89. The molecule has 7 heteroatoms. The van der Waals surface area contributed by atoms with Gasteiger partial charge in [-0.05, 0) is 61.0 Å². The molecule has 0 amide bonds. The molecule has 0 bridgehead atoms. The fourth-order valence-corrected chi connectivity index (χ4v) is 3.11. The monoisotopic (exact) mass is 412 g/mol. The van der Waals surface area contributed by atoms with Crippen LogP contribution in [0.4, 0.5) is 5.69 Å². The number of para-hydroxylation sites is 1. The molecule has 31 heavy (non-hydrogen) atoms. The summed E-state index contributed by atoms with van der Waals surface area (Å²) in [4.78, 5) is 33.4. The SMILES string of the molecule is Cc1c(/N=C/c2ccc(OC(=O)c3ccccn3)cc2)c(=O)n(-c2ccccc2)n1C. The number of benzene rings is 2. The van der Waals surface area contributed by atoms with Crippen LogP contribution in [0.1, 0.15) is 21.7 Å². The summed E-state index contributed by atoms with van der Waals surface area (Å²) in [6.07, 6.45) is 3.15. The fourth-order valence-electron chi connectivity index (χ4n) is 3.11. The lowest BCUT2D eigenvalue weighted by Crippen LogP contribution is -2.19. The van der Waals surface area contributed by atoms with Crippen molar-refractivity contribution in [1.29, 1.82) is 0 Å². The summed E-state index contributed by atoms with van der Waals surface area (Å²) < 4.78 is 8.69. The summed E-state index contributed by atoms with van der Waals surface area (Å²) in [6, 6.07) is 21.3. The van der Waals surface area contributed by atoms with Gasteiger partial charge in [0.1, 0.15) is 11.4 Å². The quantitative estimate of drug-likeness (QED) is 0.283. The van der Waals surface area contributed by atoms with Gasteiger partial charge in [-0.3, -0.25) is 9.48 Å². The smallest absolute Gasteiger partial charge is 0.362 e. The Kier molecular flexibility index (Phi) is 5.57. The van der Waals surface area contributed by atoms with Crippen LogP contribution in [0.3, 0.4) is 0 Å². The van der Waals surface area contributed by atoms with Crippen LogP contribution in [0.25, 0.3) is 5.69 Å². The van der Waals surface area contributed by atoms with Gasteiger partial charge in [-0.15, -0.1) is 0 Å². The standard InChI is InChI=1S/C24H20N4O3/c1-17-22(23(29)28(27(17)2)19-8-4-3-5-9-19)26-16-18-11-13-20(14-12-18)31-24(30)21-10-6-7-15-25-21/h3-16H,1-2H3/b26-16+. The van der Waals surface area contributed by atoms with Crippen LogP contribution in [0, 0.1) is 6.92 Å². The number of rotatable bonds is 5. The molecule has 0 saturated carbocycles. The molecule has 154 valence electrons. The number of hydrogen-bond donors (Lipinski definition) is 0. The summed E-state index contributed by atoms with van der Waals surface area (Å²) in [6.45, 7) is 1.85. The molecule has 0 aliphatic rings. The Labute approximate surface area is 178 Å². The Morgan fingerprint density at radius 2 is 1.71 bits per heavy atom. The molecule has 0 fully saturated rings. The van der Waals surface area contributed by atoms with Crippen molar-refractivity contribution in [2.24, 2.45) is 12.0 Å². The van der Waals surface area contributed by atoms with Gasteiger partial charge in [0.15, 0.2) is 5.69 Å². The van der Waals surface area contributed by atoms with E-state index in [1.165, 1.54) is 6.20 Å². The maximum atomic E-state index is 12.9. The van der Waals surface area contributed by atoms with Gasteiger partial charge < -0.3 is 4.74 Å². The van der Waals surface area contributed by atoms with Gasteiger partial charge in [0.05, 0.1) is 11.4 Å². The lowest BCUT2D eigenvalue weighted by atomic mass is 10.2. The maximum Gasteiger partial charge on any atom is 0.362 e. The van der Waals surface area contributed by atoms with Gasteiger partial charge in [-0.2, -0.15) is 0 Å². The topological polar surface area (TPSA) is 78.5 Å². The lowest BCUT2D eigenvalue weighted by Gasteiger charge is -2.07. The van der Waals surface area contributed by atoms with Gasteiger partial charge in [0, 0.05) is 19.5 Å². The third-order valence-corrected chi connectivity index (χ3v) is 4.83. The predicted octanol–water partition coefficient (Wildman–Crippen LogP) is 3.85. The molecule has 0 atom stereocenters. The lowest BCUT2D eigenvalue weighted by molar-refractivity contribution is 0.0728. The average Bonchev–Trinajstić information content (AvgIpc) is 3.02. The zero-order valence-corrected chi connectivity index (χ0v) is 17.1. The van der Waals surface area contributed by atoms with Crippen LogP contribution in [0.2, 0.25) is 0 Å². The minimum absolute atomic E-state index is 0.191. The first-order chi connectivity index (χ1) is 15.0. The van der Waals surface area contributed by atoms with Gasteiger partial charge in [0.2, 0.25) is 0 Å². The molecular weight excluding hydrogens is 392 g/mol. The number of ether oxygens (including phenoxy) is 1. The van der Waals surface area contributed by atoms with Crippen LogP contribution >= 0.6 is 0 Å². The van der Waals surface area contributed by atoms with Crippen LogP contribution in [0.5, 0.6) is 5.75 Å². The van der Waals surface area contributed by atoms with E-state index < -0.39 is 5.97 Å². The van der Waals surface area contributed by atoms with E-state index in [0.717, 1.165) is 16.9 Å². The van der Waals surface area contributed by atoms with Crippen molar-refractivity contribution >= 4 is 17.9 Å². The van der Waals surface area contributed by atoms with Gasteiger partial charge in [-0.25, -0.2) is 19.5 Å². The number of hydrogen-bond acceptors (Lipinski definition) is 5. The second-order valence-electron chi connectivity index (χ2n) is 6.84. The number of nitrogens with zero attached hydrogens (tertiary/aromatic N) is 4. The molecule has 0 saturated heterocycles. The molecule has 0 aliphatic heterocycles. The van der Waals surface area contributed by atoms with Crippen molar-refractivity contribution < 1.29 is 9.53 Å². The van der Waals surface area contributed by atoms with Crippen LogP contribution in [0.15, 0.2) is 88.8 Å². The second kappa shape index (κ2) is 8.62. The van der Waals surface area contributed by atoms with Gasteiger partial charge >= 0.3 is 5.97 Å². The number of aliphatic imine (C=N–C) groups is 1. The molecule has 2 heterocycles. The maximum absolute atomic E-state index is 12.9. The van der Waals surface area contributed by atoms with E-state index in [2.05, 4.69) is 9.98 Å². The summed E-state index contributed by atoms with van der Waals surface area (Å²) in [7, 11) is 1.83. The number of pyridine rings is 1. The zero-order chi connectivity index (χ0) is 21.8. The largest absolute Gasteiger partial charge is 0.422 e. The van der Waals surface area contributed by atoms with Crippen molar-refractivity contribution in [3.05, 3.63) is 106 Å². The molecule has 0 aliphatic carbocycles. The van der Waals surface area contributed by atoms with Crippen molar-refractivity contribution in [2.45, 2.75) is 6.92 Å². The average molecular weight is 412 g/mol. The van der Waals surface area contributed by atoms with E-state index in [4.69, 9.17) is 4.74 Å². The Morgan fingerprint density at radius 1 is 1.00 bits per heavy atom. The van der Waals surface area contributed by atoms with E-state index in [0.29, 0.717) is 11.4 Å². The molecule has 0 unspecified atom stereocenters. The molecule has 4 aromatic rings. The molecule has 4 rings (SSSR count). The highest BCUT2D eigenvalue weighted by Crippen LogP contribution is 2.18. The van der Waals surface area contributed by atoms with E-state index in [-0.39, 0.29) is 11.3 Å². The van der Waals surface area contributed by atoms with Crippen LogP contribution in [-0.2, 0) is 7.05 Å². The molecule has 2 aromatic heterocycles. The first kappa shape index (κ1) is 20.0. The zero-order valence-electron chi connectivity index (χ0n) is 17.1. The van der Waals surface area contributed by atoms with E-state index in [9.17, 15) is 9.59 Å². The van der Waals surface area contributed by atoms with Crippen LogP contribution < -0.4 is 10.3 Å². The molecule has 0 radical (unpaired) electrons. The predicted molar refractivity (Wildman–Crippen MR) is 119 cm³/mol. The third-order valence-electron chi connectivity index (χ3n) is 4.83. The Hall–Kier alpha value is -4.26. The normalized spacial score (nSPS) is 11.0. The molecule has 0 N–H and O–H groups in total. The fraction of sp³-hybridized carbons (Fsp3) is 0.0833. The Balaban J connectivity index is 1.53. The van der Waals surface area contributed by atoms with Crippen molar-refractivity contribution in [3.8, 4) is 11.4 Å². The first-order valence-corrected chi connectivity index (χ1v) is 9.66. The number of aromatic nitrogens is 3. The molecular formula is C24H20N4O3. The highest BCUT2D eigenvalue weighted by Gasteiger charge is 2.15. The summed E-state index contributed by atoms with van der Waals surface area (Å²) in [5.74, 6) is -0.126. The van der Waals surface area contributed by atoms with Crippen LogP contribution in [-0.4, -0.2) is 26.5 Å². The number of esters is 1. The van der Waals surface area contributed by atoms with E-state index in [1.807, 2.05) is 44.3 Å². The van der Waals surface area contributed by atoms with Gasteiger partial charge in [-0.1, -0.05) is 24.3 Å². The van der Waals surface area contributed by atoms with E-state index in [1.54, 1.807) is 58.0 Å². The molecule has 7 nitrogen and oxygen atoms in total. The molecule has 2 aromatic carbocycles. The summed E-state index contributed by atoms with van der Waals surface area (Å²) >= 11 is 0. The van der Waals surface area contributed by atoms with Crippen molar-refractivity contribution in [1.82, 2.24) is 14.3 Å². The third kappa shape index (κ3) is 4.20. The summed E-state index contributed by atoms with van der Waals surface area (Å²) in [5.41, 5.74) is 2.72. The van der Waals surface area contributed by atoms with Crippen molar-refractivity contribution in [2.75, 3.05) is 0 Å². The number of carbonyl (C=O) groups is 1. The second-order valence-corrected chi connectivity index (χ2v) is 6.84. The number of carbonyl (C=O) groups excluding carboxylic acids is 1. The Bertz CT molecular complexity index is 1290. The highest BCUT2D eigenvalue weighted by atomic mass is 16.5. The van der Waals surface area contributed by atoms with Crippen molar-refractivity contribution in [3.63, 3.8) is 0 Å².